The fourth-order valence-electron chi connectivity index (χ4n) is 1.01. The quantitative estimate of drug-likeness (QED) is 0.713. The normalized spacial score (nSPS) is 9.31. The summed E-state index contributed by atoms with van der Waals surface area (Å²) in [6.07, 6.45) is 0. The number of hydrogen-bond acceptors (Lipinski definition) is 2. The van der Waals surface area contributed by atoms with Crippen LogP contribution < -0.4 is 0 Å². The molecule has 0 saturated carbocycles. The molecule has 0 aliphatic rings. The van der Waals surface area contributed by atoms with Crippen molar-refractivity contribution in [3.8, 4) is 6.07 Å². The van der Waals surface area contributed by atoms with Gasteiger partial charge in [-0.1, -0.05) is 0 Å². The topological polar surface area (TPSA) is 61.1 Å². The highest BCUT2D eigenvalue weighted by molar-refractivity contribution is 5.88. The zero-order valence-electron chi connectivity index (χ0n) is 6.84. The van der Waals surface area contributed by atoms with Gasteiger partial charge in [-0.3, -0.25) is 0 Å². The van der Waals surface area contributed by atoms with Crippen molar-refractivity contribution in [2.45, 2.75) is 6.92 Å². The first kappa shape index (κ1) is 9.20. The second-order valence-electron chi connectivity index (χ2n) is 2.57. The molecular weight excluding hydrogens is 173 g/mol. The minimum absolute atomic E-state index is 0.106. The highest BCUT2D eigenvalue weighted by Gasteiger charge is 2.10. The summed E-state index contributed by atoms with van der Waals surface area (Å²) in [5.41, 5.74) is 0.0823. The van der Waals surface area contributed by atoms with Crippen molar-refractivity contribution in [2.24, 2.45) is 0 Å². The standard InChI is InChI=1S/C9H6FNO2/c1-5-2-6(9(12)13)3-8(10)7(5)4-11/h2-3H,1H3,(H,12,13). The Morgan fingerprint density at radius 3 is 2.62 bits per heavy atom. The Hall–Kier alpha value is -1.89. The molecule has 0 aliphatic heterocycles. The maximum Gasteiger partial charge on any atom is 0.335 e. The van der Waals surface area contributed by atoms with Crippen LogP contribution in [0.15, 0.2) is 12.1 Å². The number of aryl methyl sites for hydroxylation is 1. The number of nitriles is 1. The van der Waals surface area contributed by atoms with Gasteiger partial charge in [0.2, 0.25) is 0 Å². The minimum atomic E-state index is -1.20. The summed E-state index contributed by atoms with van der Waals surface area (Å²) in [7, 11) is 0. The fraction of sp³-hybridized carbons (Fsp3) is 0.111. The van der Waals surface area contributed by atoms with Crippen molar-refractivity contribution in [1.29, 1.82) is 5.26 Å². The van der Waals surface area contributed by atoms with Crippen LogP contribution in [0, 0.1) is 24.1 Å². The van der Waals surface area contributed by atoms with Gasteiger partial charge in [-0.25, -0.2) is 9.18 Å². The molecule has 1 N–H and O–H groups in total. The lowest BCUT2D eigenvalue weighted by Gasteiger charge is -2.00. The third-order valence-corrected chi connectivity index (χ3v) is 1.65. The van der Waals surface area contributed by atoms with E-state index in [0.29, 0.717) is 5.56 Å². The maximum absolute atomic E-state index is 13.0. The Morgan fingerprint density at radius 2 is 2.23 bits per heavy atom. The van der Waals surface area contributed by atoms with Gasteiger partial charge in [0.05, 0.1) is 11.1 Å². The summed E-state index contributed by atoms with van der Waals surface area (Å²) < 4.78 is 13.0. The molecule has 0 saturated heterocycles. The van der Waals surface area contributed by atoms with Crippen molar-refractivity contribution < 1.29 is 14.3 Å². The zero-order valence-corrected chi connectivity index (χ0v) is 6.84. The SMILES string of the molecule is Cc1cc(C(=O)O)cc(F)c1C#N. The van der Waals surface area contributed by atoms with E-state index in [0.717, 1.165) is 6.07 Å². The van der Waals surface area contributed by atoms with Gasteiger partial charge in [-0.15, -0.1) is 0 Å². The summed E-state index contributed by atoms with van der Waals surface area (Å²) in [6, 6.07) is 3.77. The molecule has 0 heterocycles. The summed E-state index contributed by atoms with van der Waals surface area (Å²) >= 11 is 0. The van der Waals surface area contributed by atoms with Gasteiger partial charge in [0.15, 0.2) is 0 Å². The second kappa shape index (κ2) is 3.23. The molecule has 0 amide bonds. The molecule has 4 heteroatoms. The van der Waals surface area contributed by atoms with Gasteiger partial charge in [0.25, 0.3) is 0 Å². The van der Waals surface area contributed by atoms with Crippen molar-refractivity contribution in [2.75, 3.05) is 0 Å². The first-order valence-electron chi connectivity index (χ1n) is 3.50. The number of carboxylic acid groups (broad SMARTS) is 1. The van der Waals surface area contributed by atoms with E-state index in [1.54, 1.807) is 6.07 Å². The van der Waals surface area contributed by atoms with E-state index in [1.807, 2.05) is 0 Å². The van der Waals surface area contributed by atoms with Crippen LogP contribution >= 0.6 is 0 Å². The van der Waals surface area contributed by atoms with Crippen LogP contribution in [0.3, 0.4) is 0 Å². The summed E-state index contributed by atoms with van der Waals surface area (Å²) in [5, 5.41) is 17.0. The lowest BCUT2D eigenvalue weighted by molar-refractivity contribution is 0.0696. The summed E-state index contributed by atoms with van der Waals surface area (Å²) in [6.45, 7) is 1.49. The van der Waals surface area contributed by atoms with E-state index >= 15 is 0 Å². The summed E-state index contributed by atoms with van der Waals surface area (Å²) in [5.74, 6) is -1.99. The number of halogens is 1. The Balaban J connectivity index is 3.39. The molecule has 1 aromatic rings. The number of aromatic carboxylic acids is 1. The molecule has 13 heavy (non-hydrogen) atoms. The molecule has 0 bridgehead atoms. The number of carbonyl (C=O) groups is 1. The zero-order chi connectivity index (χ0) is 10.0. The third-order valence-electron chi connectivity index (χ3n) is 1.65. The highest BCUT2D eigenvalue weighted by Crippen LogP contribution is 2.14. The van der Waals surface area contributed by atoms with E-state index in [4.69, 9.17) is 10.4 Å². The van der Waals surface area contributed by atoms with Crippen LogP contribution in [0.25, 0.3) is 0 Å². The van der Waals surface area contributed by atoms with E-state index < -0.39 is 11.8 Å². The number of hydrogen-bond donors (Lipinski definition) is 1. The Morgan fingerprint density at radius 1 is 1.62 bits per heavy atom. The molecule has 0 aliphatic carbocycles. The van der Waals surface area contributed by atoms with Gasteiger partial charge in [-0.05, 0) is 24.6 Å². The monoisotopic (exact) mass is 179 g/mol. The fourth-order valence-corrected chi connectivity index (χ4v) is 1.01. The molecule has 0 radical (unpaired) electrons. The molecule has 0 unspecified atom stereocenters. The van der Waals surface area contributed by atoms with Crippen molar-refractivity contribution >= 4 is 5.97 Å². The van der Waals surface area contributed by atoms with Gasteiger partial charge < -0.3 is 5.11 Å². The average Bonchev–Trinajstić information content (AvgIpc) is 2.03. The Bertz CT molecular complexity index is 384. The van der Waals surface area contributed by atoms with Crippen LogP contribution in [0.5, 0.6) is 0 Å². The Labute approximate surface area is 74.0 Å². The molecule has 66 valence electrons. The number of rotatable bonds is 1. The average molecular weight is 179 g/mol. The molecular formula is C9H6FNO2. The van der Waals surface area contributed by atoms with Gasteiger partial charge >= 0.3 is 5.97 Å². The van der Waals surface area contributed by atoms with Crippen molar-refractivity contribution in [1.82, 2.24) is 0 Å². The van der Waals surface area contributed by atoms with E-state index in [9.17, 15) is 9.18 Å². The molecule has 0 aromatic heterocycles. The summed E-state index contributed by atoms with van der Waals surface area (Å²) in [4.78, 5) is 10.5. The predicted molar refractivity (Wildman–Crippen MR) is 42.8 cm³/mol. The number of nitrogens with zero attached hydrogens (tertiary/aromatic N) is 1. The first-order valence-corrected chi connectivity index (χ1v) is 3.50. The van der Waals surface area contributed by atoms with Crippen LogP contribution in [0.4, 0.5) is 4.39 Å². The third kappa shape index (κ3) is 1.64. The van der Waals surface area contributed by atoms with Crippen LogP contribution in [0.1, 0.15) is 21.5 Å². The first-order chi connectivity index (χ1) is 6.06. The van der Waals surface area contributed by atoms with Gasteiger partial charge in [0.1, 0.15) is 11.9 Å². The highest BCUT2D eigenvalue weighted by atomic mass is 19.1. The van der Waals surface area contributed by atoms with Crippen LogP contribution in [0.2, 0.25) is 0 Å². The van der Waals surface area contributed by atoms with Crippen LogP contribution in [-0.2, 0) is 0 Å². The van der Waals surface area contributed by atoms with Gasteiger partial charge in [0, 0.05) is 0 Å². The van der Waals surface area contributed by atoms with Crippen LogP contribution in [-0.4, -0.2) is 11.1 Å². The Kier molecular flexibility index (Phi) is 2.29. The van der Waals surface area contributed by atoms with E-state index in [1.165, 1.54) is 13.0 Å². The van der Waals surface area contributed by atoms with Gasteiger partial charge in [-0.2, -0.15) is 5.26 Å². The van der Waals surface area contributed by atoms with Crippen molar-refractivity contribution in [3.63, 3.8) is 0 Å². The molecule has 0 atom stereocenters. The molecule has 1 rings (SSSR count). The molecule has 0 spiro atoms. The minimum Gasteiger partial charge on any atom is -0.478 e. The second-order valence-corrected chi connectivity index (χ2v) is 2.57. The lowest BCUT2D eigenvalue weighted by Crippen LogP contribution is -2.00. The largest absolute Gasteiger partial charge is 0.478 e. The number of benzene rings is 1. The lowest BCUT2D eigenvalue weighted by atomic mass is 10.1. The van der Waals surface area contributed by atoms with Crippen molar-refractivity contribution in [3.05, 3.63) is 34.6 Å². The predicted octanol–water partition coefficient (Wildman–Crippen LogP) is 1.70. The maximum atomic E-state index is 13.0. The van der Waals surface area contributed by atoms with E-state index in [-0.39, 0.29) is 11.1 Å². The molecule has 3 nitrogen and oxygen atoms in total. The van der Waals surface area contributed by atoms with E-state index in [2.05, 4.69) is 0 Å². The molecule has 0 fully saturated rings. The number of carboxylic acids is 1. The molecule has 1 aromatic carbocycles. The smallest absolute Gasteiger partial charge is 0.335 e.